The van der Waals surface area contributed by atoms with Gasteiger partial charge in [0, 0.05) is 37.4 Å². The number of anilines is 2. The van der Waals surface area contributed by atoms with E-state index in [-0.39, 0.29) is 17.4 Å². The minimum Gasteiger partial charge on any atom is -0.326 e. The fraction of sp³-hybridized carbons (Fsp3) is 0.263. The molecule has 25 heavy (non-hydrogen) atoms. The van der Waals surface area contributed by atoms with Crippen LogP contribution in [0.5, 0.6) is 0 Å². The van der Waals surface area contributed by atoms with Gasteiger partial charge in [-0.3, -0.25) is 9.59 Å². The van der Waals surface area contributed by atoms with E-state index < -0.39 is 5.82 Å². The second kappa shape index (κ2) is 6.29. The second-order valence-electron chi connectivity index (χ2n) is 6.30. The van der Waals surface area contributed by atoms with E-state index in [1.165, 1.54) is 6.07 Å². The Kier molecular flexibility index (Phi) is 3.97. The standard InChI is InChI=1S/C19H18FN3O2/c20-15-10-16-12(5-6-18(24)22-16)9-14(15)19(25)23-8-7-21-11-13-3-1-2-4-17(13)23/h1-4,9-10,21H,5-8,11H2,(H,22,24). The zero-order valence-electron chi connectivity index (χ0n) is 13.6. The molecule has 4 rings (SSSR count). The number of fused-ring (bicyclic) bond motifs is 2. The molecular formula is C19H18FN3O2. The van der Waals surface area contributed by atoms with Gasteiger partial charge in [0.15, 0.2) is 0 Å². The third kappa shape index (κ3) is 2.89. The fourth-order valence-electron chi connectivity index (χ4n) is 3.38. The van der Waals surface area contributed by atoms with Crippen LogP contribution in [-0.2, 0) is 17.8 Å². The van der Waals surface area contributed by atoms with Gasteiger partial charge < -0.3 is 15.5 Å². The van der Waals surface area contributed by atoms with Crippen LogP contribution in [0.2, 0.25) is 0 Å². The lowest BCUT2D eigenvalue weighted by atomic mass is 9.99. The normalized spacial score (nSPS) is 16.5. The Labute approximate surface area is 144 Å². The third-order valence-corrected chi connectivity index (χ3v) is 4.67. The molecule has 2 N–H and O–H groups in total. The topological polar surface area (TPSA) is 61.4 Å². The van der Waals surface area contributed by atoms with Crippen LogP contribution >= 0.6 is 0 Å². The molecule has 0 unspecified atom stereocenters. The number of hydrogen-bond donors (Lipinski definition) is 2. The van der Waals surface area contributed by atoms with E-state index in [1.54, 1.807) is 11.0 Å². The van der Waals surface area contributed by atoms with Gasteiger partial charge in [-0.15, -0.1) is 0 Å². The van der Waals surface area contributed by atoms with Gasteiger partial charge in [-0.1, -0.05) is 18.2 Å². The summed E-state index contributed by atoms with van der Waals surface area (Å²) in [6.45, 7) is 1.80. The van der Waals surface area contributed by atoms with E-state index in [0.29, 0.717) is 38.2 Å². The summed E-state index contributed by atoms with van der Waals surface area (Å²) in [4.78, 5) is 26.1. The lowest BCUT2D eigenvalue weighted by molar-refractivity contribution is -0.116. The number of rotatable bonds is 1. The van der Waals surface area contributed by atoms with Crippen molar-refractivity contribution in [3.8, 4) is 0 Å². The molecule has 0 aromatic heterocycles. The number of para-hydroxylation sites is 1. The maximum atomic E-state index is 14.6. The molecule has 2 heterocycles. The molecule has 0 fully saturated rings. The van der Waals surface area contributed by atoms with Crippen molar-refractivity contribution in [2.24, 2.45) is 0 Å². The summed E-state index contributed by atoms with van der Waals surface area (Å²) in [5.41, 5.74) is 3.13. The second-order valence-corrected chi connectivity index (χ2v) is 6.30. The number of aryl methyl sites for hydroxylation is 1. The number of hydrogen-bond acceptors (Lipinski definition) is 3. The van der Waals surface area contributed by atoms with Gasteiger partial charge in [0.05, 0.1) is 5.56 Å². The number of halogens is 1. The quantitative estimate of drug-likeness (QED) is 0.839. The van der Waals surface area contributed by atoms with Crippen molar-refractivity contribution in [2.45, 2.75) is 19.4 Å². The summed E-state index contributed by atoms with van der Waals surface area (Å²) >= 11 is 0. The Morgan fingerprint density at radius 1 is 1.12 bits per heavy atom. The number of carbonyl (C=O) groups excluding carboxylic acids is 2. The van der Waals surface area contributed by atoms with Crippen molar-refractivity contribution in [1.82, 2.24) is 5.32 Å². The maximum absolute atomic E-state index is 14.6. The molecule has 0 radical (unpaired) electrons. The SMILES string of the molecule is O=C1CCc2cc(C(=O)N3CCNCc4ccccc43)c(F)cc2N1. The Bertz CT molecular complexity index is 866. The average Bonchev–Trinajstić information content (AvgIpc) is 2.83. The van der Waals surface area contributed by atoms with Crippen LogP contribution in [0.15, 0.2) is 36.4 Å². The summed E-state index contributed by atoms with van der Waals surface area (Å²) in [6, 6.07) is 10.5. The molecule has 0 spiro atoms. The van der Waals surface area contributed by atoms with Gasteiger partial charge in [-0.25, -0.2) is 4.39 Å². The zero-order valence-corrected chi connectivity index (χ0v) is 13.6. The molecule has 0 aliphatic carbocycles. The van der Waals surface area contributed by atoms with E-state index in [1.807, 2.05) is 24.3 Å². The molecule has 5 nitrogen and oxygen atoms in total. The van der Waals surface area contributed by atoms with Gasteiger partial charge in [-0.2, -0.15) is 0 Å². The molecule has 128 valence electrons. The monoisotopic (exact) mass is 339 g/mol. The first-order valence-corrected chi connectivity index (χ1v) is 8.36. The van der Waals surface area contributed by atoms with Crippen LogP contribution in [0.3, 0.4) is 0 Å². The van der Waals surface area contributed by atoms with Crippen LogP contribution in [0.1, 0.15) is 27.9 Å². The molecule has 2 aromatic rings. The van der Waals surface area contributed by atoms with E-state index in [2.05, 4.69) is 10.6 Å². The Morgan fingerprint density at radius 2 is 1.96 bits per heavy atom. The predicted octanol–water partition coefficient (Wildman–Crippen LogP) is 2.46. The van der Waals surface area contributed by atoms with Crippen molar-refractivity contribution in [3.63, 3.8) is 0 Å². The Hall–Kier alpha value is -2.73. The molecule has 0 saturated carbocycles. The van der Waals surface area contributed by atoms with E-state index in [9.17, 15) is 14.0 Å². The van der Waals surface area contributed by atoms with Crippen LogP contribution in [0.25, 0.3) is 0 Å². The predicted molar refractivity (Wildman–Crippen MR) is 93.2 cm³/mol. The fourth-order valence-corrected chi connectivity index (χ4v) is 3.38. The van der Waals surface area contributed by atoms with E-state index in [0.717, 1.165) is 16.8 Å². The molecule has 2 aliphatic heterocycles. The highest BCUT2D eigenvalue weighted by molar-refractivity contribution is 6.07. The van der Waals surface area contributed by atoms with Crippen molar-refractivity contribution in [3.05, 3.63) is 58.9 Å². The highest BCUT2D eigenvalue weighted by atomic mass is 19.1. The number of carbonyl (C=O) groups is 2. The van der Waals surface area contributed by atoms with Gasteiger partial charge in [0.2, 0.25) is 5.91 Å². The van der Waals surface area contributed by atoms with Crippen LogP contribution in [0.4, 0.5) is 15.8 Å². The summed E-state index contributed by atoms with van der Waals surface area (Å²) in [7, 11) is 0. The molecule has 0 atom stereocenters. The van der Waals surface area contributed by atoms with Gasteiger partial charge >= 0.3 is 0 Å². The smallest absolute Gasteiger partial charge is 0.261 e. The van der Waals surface area contributed by atoms with Gasteiger partial charge in [0.25, 0.3) is 5.91 Å². The molecular weight excluding hydrogens is 321 g/mol. The molecule has 2 aromatic carbocycles. The Balaban J connectivity index is 1.73. The highest BCUT2D eigenvalue weighted by Gasteiger charge is 2.26. The number of nitrogens with one attached hydrogen (secondary N) is 2. The number of amides is 2. The molecule has 2 aliphatic rings. The van der Waals surface area contributed by atoms with Crippen LogP contribution in [-0.4, -0.2) is 24.9 Å². The third-order valence-electron chi connectivity index (χ3n) is 4.67. The van der Waals surface area contributed by atoms with E-state index >= 15 is 0 Å². The van der Waals surface area contributed by atoms with Crippen molar-refractivity contribution in [2.75, 3.05) is 23.3 Å². The molecule has 2 amide bonds. The number of benzene rings is 2. The number of nitrogens with zero attached hydrogens (tertiary/aromatic N) is 1. The first kappa shape index (κ1) is 15.8. The minimum atomic E-state index is -0.611. The van der Waals surface area contributed by atoms with Crippen LogP contribution in [0, 0.1) is 5.82 Å². The van der Waals surface area contributed by atoms with Gasteiger partial charge in [-0.05, 0) is 35.7 Å². The van der Waals surface area contributed by atoms with Crippen LogP contribution < -0.4 is 15.5 Å². The first-order chi connectivity index (χ1) is 12.1. The minimum absolute atomic E-state index is 0.0478. The maximum Gasteiger partial charge on any atom is 0.261 e. The molecule has 6 heteroatoms. The lowest BCUT2D eigenvalue weighted by Crippen LogP contribution is -2.35. The van der Waals surface area contributed by atoms with Crippen molar-refractivity contribution >= 4 is 23.2 Å². The lowest BCUT2D eigenvalue weighted by Gasteiger charge is -2.24. The summed E-state index contributed by atoms with van der Waals surface area (Å²) < 4.78 is 14.6. The summed E-state index contributed by atoms with van der Waals surface area (Å²) in [5, 5.41) is 5.93. The van der Waals surface area contributed by atoms with Crippen molar-refractivity contribution in [1.29, 1.82) is 0 Å². The summed E-state index contributed by atoms with van der Waals surface area (Å²) in [6.07, 6.45) is 0.864. The largest absolute Gasteiger partial charge is 0.326 e. The van der Waals surface area contributed by atoms with Gasteiger partial charge in [0.1, 0.15) is 5.82 Å². The highest BCUT2D eigenvalue weighted by Crippen LogP contribution is 2.29. The first-order valence-electron chi connectivity index (χ1n) is 8.36. The zero-order chi connectivity index (χ0) is 17.4. The molecule has 0 saturated heterocycles. The summed E-state index contributed by atoms with van der Waals surface area (Å²) in [5.74, 6) is -1.09. The van der Waals surface area contributed by atoms with E-state index in [4.69, 9.17) is 0 Å². The Morgan fingerprint density at radius 3 is 2.84 bits per heavy atom. The molecule has 0 bridgehead atoms. The van der Waals surface area contributed by atoms with Crippen molar-refractivity contribution < 1.29 is 14.0 Å². The average molecular weight is 339 g/mol.